The van der Waals surface area contributed by atoms with E-state index in [1.807, 2.05) is 30.3 Å². The average molecular weight is 301 g/mol. The Labute approximate surface area is 125 Å². The fraction of sp³-hybridized carbons (Fsp3) is 0.294. The summed E-state index contributed by atoms with van der Waals surface area (Å²) in [4.78, 5) is 0. The van der Waals surface area contributed by atoms with E-state index in [0.717, 1.165) is 11.3 Å². The third kappa shape index (κ3) is 3.45. The van der Waals surface area contributed by atoms with E-state index in [9.17, 15) is 8.42 Å². The molecule has 0 spiro atoms. The lowest BCUT2D eigenvalue weighted by atomic mass is 10.0. The second kappa shape index (κ2) is 5.90. The Hall–Kier alpha value is -1.81. The fourth-order valence-corrected chi connectivity index (χ4v) is 4.22. The van der Waals surface area contributed by atoms with E-state index in [1.54, 1.807) is 0 Å². The standard InChI is InChI=1S/C17H19NO2S/c19-21(20)12-10-15(11-13-21)18-17-9-5-4-8-16(17)14-6-2-1-3-7-14/h1-9,15,18H,10-13H2. The monoisotopic (exact) mass is 301 g/mol. The van der Waals surface area contributed by atoms with Gasteiger partial charge in [-0.15, -0.1) is 0 Å². The minimum atomic E-state index is -2.81. The molecular formula is C17H19NO2S. The van der Waals surface area contributed by atoms with Crippen LogP contribution in [0.2, 0.25) is 0 Å². The van der Waals surface area contributed by atoms with Gasteiger partial charge in [-0.3, -0.25) is 0 Å². The van der Waals surface area contributed by atoms with Crippen LogP contribution in [0.5, 0.6) is 0 Å². The Kier molecular flexibility index (Phi) is 3.97. The largest absolute Gasteiger partial charge is 0.382 e. The summed E-state index contributed by atoms with van der Waals surface area (Å²) in [5.41, 5.74) is 3.41. The van der Waals surface area contributed by atoms with E-state index < -0.39 is 9.84 Å². The van der Waals surface area contributed by atoms with Crippen LogP contribution < -0.4 is 5.32 Å². The van der Waals surface area contributed by atoms with Crippen LogP contribution >= 0.6 is 0 Å². The summed E-state index contributed by atoms with van der Waals surface area (Å²) in [6, 6.07) is 18.7. The molecule has 1 aliphatic rings. The molecule has 0 amide bonds. The zero-order valence-electron chi connectivity index (χ0n) is 11.8. The van der Waals surface area contributed by atoms with Gasteiger partial charge in [-0.1, -0.05) is 48.5 Å². The second-order valence-corrected chi connectivity index (χ2v) is 7.79. The highest BCUT2D eigenvalue weighted by atomic mass is 32.2. The Morgan fingerprint density at radius 1 is 0.857 bits per heavy atom. The van der Waals surface area contributed by atoms with Crippen LogP contribution in [0.15, 0.2) is 54.6 Å². The quantitative estimate of drug-likeness (QED) is 0.945. The molecule has 3 nitrogen and oxygen atoms in total. The van der Waals surface area contributed by atoms with Gasteiger partial charge in [-0.05, 0) is 24.5 Å². The van der Waals surface area contributed by atoms with Crippen molar-refractivity contribution in [1.82, 2.24) is 0 Å². The zero-order chi connectivity index (χ0) is 14.7. The van der Waals surface area contributed by atoms with Crippen LogP contribution in [-0.4, -0.2) is 26.0 Å². The number of hydrogen-bond acceptors (Lipinski definition) is 3. The molecule has 0 aromatic heterocycles. The molecule has 2 aromatic rings. The fourth-order valence-electron chi connectivity index (χ4n) is 2.73. The molecule has 3 rings (SSSR count). The lowest BCUT2D eigenvalue weighted by Gasteiger charge is -2.25. The van der Waals surface area contributed by atoms with Crippen molar-refractivity contribution in [1.29, 1.82) is 0 Å². The Balaban J connectivity index is 1.81. The van der Waals surface area contributed by atoms with Crippen molar-refractivity contribution in [3.05, 3.63) is 54.6 Å². The van der Waals surface area contributed by atoms with Crippen molar-refractivity contribution >= 4 is 15.5 Å². The number of anilines is 1. The van der Waals surface area contributed by atoms with Crippen LogP contribution in [0.3, 0.4) is 0 Å². The molecule has 1 aliphatic heterocycles. The van der Waals surface area contributed by atoms with Gasteiger partial charge in [-0.2, -0.15) is 0 Å². The molecule has 1 saturated heterocycles. The van der Waals surface area contributed by atoms with Gasteiger partial charge in [0.1, 0.15) is 9.84 Å². The minimum Gasteiger partial charge on any atom is -0.382 e. The lowest BCUT2D eigenvalue weighted by Crippen LogP contribution is -2.32. The first-order chi connectivity index (χ1) is 10.1. The average Bonchev–Trinajstić information content (AvgIpc) is 2.51. The highest BCUT2D eigenvalue weighted by Crippen LogP contribution is 2.29. The van der Waals surface area contributed by atoms with Crippen LogP contribution in [0.25, 0.3) is 11.1 Å². The van der Waals surface area contributed by atoms with Crippen LogP contribution in [-0.2, 0) is 9.84 Å². The molecule has 1 heterocycles. The maximum Gasteiger partial charge on any atom is 0.150 e. The van der Waals surface area contributed by atoms with E-state index in [4.69, 9.17) is 0 Å². The molecule has 0 atom stereocenters. The first-order valence-electron chi connectivity index (χ1n) is 7.25. The van der Waals surface area contributed by atoms with E-state index in [2.05, 4.69) is 29.6 Å². The third-order valence-corrected chi connectivity index (χ3v) is 5.64. The molecular weight excluding hydrogens is 282 g/mol. The number of hydrogen-bond donors (Lipinski definition) is 1. The Morgan fingerprint density at radius 3 is 2.19 bits per heavy atom. The van der Waals surface area contributed by atoms with Crippen LogP contribution in [0, 0.1) is 0 Å². The van der Waals surface area contributed by atoms with Gasteiger partial charge >= 0.3 is 0 Å². The maximum atomic E-state index is 11.5. The van der Waals surface area contributed by atoms with Gasteiger partial charge in [0.25, 0.3) is 0 Å². The van der Waals surface area contributed by atoms with Gasteiger partial charge in [-0.25, -0.2) is 8.42 Å². The second-order valence-electron chi connectivity index (χ2n) is 5.48. The minimum absolute atomic E-state index is 0.235. The SMILES string of the molecule is O=S1(=O)CCC(Nc2ccccc2-c2ccccc2)CC1. The van der Waals surface area contributed by atoms with Crippen molar-refractivity contribution in [3.8, 4) is 11.1 Å². The number of nitrogens with one attached hydrogen (secondary N) is 1. The Bertz CT molecular complexity index is 697. The van der Waals surface area contributed by atoms with Gasteiger partial charge in [0.05, 0.1) is 11.5 Å². The van der Waals surface area contributed by atoms with Gasteiger partial charge in [0.2, 0.25) is 0 Å². The predicted octanol–water partition coefficient (Wildman–Crippen LogP) is 3.34. The highest BCUT2D eigenvalue weighted by Gasteiger charge is 2.23. The van der Waals surface area contributed by atoms with Crippen LogP contribution in [0.4, 0.5) is 5.69 Å². The molecule has 0 bridgehead atoms. The summed E-state index contributed by atoms with van der Waals surface area (Å²) in [5.74, 6) is 0.580. The molecule has 1 fully saturated rings. The van der Waals surface area contributed by atoms with Crippen molar-refractivity contribution < 1.29 is 8.42 Å². The predicted molar refractivity (Wildman–Crippen MR) is 87.2 cm³/mol. The molecule has 2 aromatic carbocycles. The van der Waals surface area contributed by atoms with Gasteiger partial charge in [0.15, 0.2) is 0 Å². The van der Waals surface area contributed by atoms with E-state index in [0.29, 0.717) is 12.8 Å². The van der Waals surface area contributed by atoms with Gasteiger partial charge in [0, 0.05) is 17.3 Å². The summed E-state index contributed by atoms with van der Waals surface area (Å²) >= 11 is 0. The number of sulfone groups is 1. The van der Waals surface area contributed by atoms with E-state index in [1.165, 1.54) is 5.56 Å². The summed E-state index contributed by atoms with van der Waals surface area (Å²) < 4.78 is 23.0. The van der Waals surface area contributed by atoms with Crippen molar-refractivity contribution in [2.45, 2.75) is 18.9 Å². The number of rotatable bonds is 3. The van der Waals surface area contributed by atoms with Crippen molar-refractivity contribution in [2.24, 2.45) is 0 Å². The normalized spacial score (nSPS) is 18.3. The zero-order valence-corrected chi connectivity index (χ0v) is 12.6. The highest BCUT2D eigenvalue weighted by molar-refractivity contribution is 7.91. The summed E-state index contributed by atoms with van der Waals surface area (Å²) in [6.07, 6.45) is 1.37. The van der Waals surface area contributed by atoms with Crippen LogP contribution in [0.1, 0.15) is 12.8 Å². The molecule has 0 saturated carbocycles. The topological polar surface area (TPSA) is 46.2 Å². The maximum absolute atomic E-state index is 11.5. The van der Waals surface area contributed by atoms with E-state index in [-0.39, 0.29) is 17.5 Å². The molecule has 0 radical (unpaired) electrons. The molecule has 0 aliphatic carbocycles. The third-order valence-electron chi connectivity index (χ3n) is 3.93. The van der Waals surface area contributed by atoms with E-state index >= 15 is 0 Å². The molecule has 110 valence electrons. The first-order valence-corrected chi connectivity index (χ1v) is 9.08. The number of benzene rings is 2. The Morgan fingerprint density at radius 2 is 1.48 bits per heavy atom. The lowest BCUT2D eigenvalue weighted by molar-refractivity contribution is 0.559. The van der Waals surface area contributed by atoms with Gasteiger partial charge < -0.3 is 5.32 Å². The summed E-state index contributed by atoms with van der Waals surface area (Å²) in [6.45, 7) is 0. The summed E-state index contributed by atoms with van der Waals surface area (Å²) in [5, 5.41) is 3.52. The molecule has 4 heteroatoms. The molecule has 0 unspecified atom stereocenters. The smallest absolute Gasteiger partial charge is 0.150 e. The molecule has 1 N–H and O–H groups in total. The van der Waals surface area contributed by atoms with Crippen molar-refractivity contribution in [2.75, 3.05) is 16.8 Å². The summed E-state index contributed by atoms with van der Waals surface area (Å²) in [7, 11) is -2.81. The van der Waals surface area contributed by atoms with Crippen molar-refractivity contribution in [3.63, 3.8) is 0 Å². The number of para-hydroxylation sites is 1. The first kappa shape index (κ1) is 14.1. The molecule has 21 heavy (non-hydrogen) atoms.